The van der Waals surface area contributed by atoms with Crippen molar-refractivity contribution in [3.63, 3.8) is 0 Å². The van der Waals surface area contributed by atoms with Crippen LogP contribution in [-0.4, -0.2) is 33.0 Å². The van der Waals surface area contributed by atoms with E-state index in [1.807, 2.05) is 17.3 Å². The summed E-state index contributed by atoms with van der Waals surface area (Å²) in [5.74, 6) is 0.633. The summed E-state index contributed by atoms with van der Waals surface area (Å²) in [7, 11) is 1.90. The average molecular weight is 264 g/mol. The van der Waals surface area contributed by atoms with E-state index in [9.17, 15) is 0 Å². The molecule has 0 aliphatic heterocycles. The first-order valence-corrected chi connectivity index (χ1v) is 6.03. The molecule has 0 radical (unpaired) electrons. The summed E-state index contributed by atoms with van der Waals surface area (Å²) in [5, 5.41) is 13.4. The molecular formula is C10H12N6OS. The minimum absolute atomic E-state index is 0.0591. The maximum absolute atomic E-state index is 8.52. The third kappa shape index (κ3) is 2.72. The molecule has 0 amide bonds. The Morgan fingerprint density at radius 3 is 2.83 bits per heavy atom. The normalized spacial score (nSPS) is 11.5. The van der Waals surface area contributed by atoms with E-state index in [2.05, 4.69) is 20.1 Å². The van der Waals surface area contributed by atoms with E-state index in [4.69, 9.17) is 10.9 Å². The SMILES string of the molecule is CN(Cc1cscn1)c1cnc(C(N)=NO)cn1. The molecule has 2 heterocycles. The molecule has 8 heteroatoms. The maximum atomic E-state index is 8.52. The molecule has 3 N–H and O–H groups in total. The highest BCUT2D eigenvalue weighted by molar-refractivity contribution is 7.07. The van der Waals surface area contributed by atoms with Crippen LogP contribution in [0, 0.1) is 0 Å². The van der Waals surface area contributed by atoms with Crippen molar-refractivity contribution in [3.05, 3.63) is 34.7 Å². The summed E-state index contributed by atoms with van der Waals surface area (Å²) in [4.78, 5) is 14.4. The molecular weight excluding hydrogens is 252 g/mol. The molecule has 2 aromatic heterocycles. The lowest BCUT2D eigenvalue weighted by atomic mass is 10.4. The Bertz CT molecular complexity index is 524. The first kappa shape index (κ1) is 12.2. The number of hydrogen-bond donors (Lipinski definition) is 2. The minimum atomic E-state index is -0.0591. The quantitative estimate of drug-likeness (QED) is 0.364. The summed E-state index contributed by atoms with van der Waals surface area (Å²) in [6.45, 7) is 0.654. The van der Waals surface area contributed by atoms with E-state index in [0.29, 0.717) is 18.1 Å². The Balaban J connectivity index is 2.09. The predicted octanol–water partition coefficient (Wildman–Crippen LogP) is 0.664. The number of nitrogens with zero attached hydrogens (tertiary/aromatic N) is 5. The number of rotatable bonds is 4. The second kappa shape index (κ2) is 5.41. The van der Waals surface area contributed by atoms with Crippen LogP contribution < -0.4 is 10.6 Å². The fraction of sp³-hybridized carbons (Fsp3) is 0.200. The monoisotopic (exact) mass is 264 g/mol. The fourth-order valence-electron chi connectivity index (χ4n) is 1.34. The van der Waals surface area contributed by atoms with Crippen molar-refractivity contribution in [3.8, 4) is 0 Å². The lowest BCUT2D eigenvalue weighted by Gasteiger charge is -2.16. The molecule has 0 aliphatic carbocycles. The Morgan fingerprint density at radius 2 is 2.28 bits per heavy atom. The van der Waals surface area contributed by atoms with Crippen LogP contribution in [0.5, 0.6) is 0 Å². The van der Waals surface area contributed by atoms with Crippen LogP contribution in [0.1, 0.15) is 11.4 Å². The number of amidine groups is 1. The Hall–Kier alpha value is -2.22. The summed E-state index contributed by atoms with van der Waals surface area (Å²) >= 11 is 1.55. The number of hydrogen-bond acceptors (Lipinski definition) is 7. The van der Waals surface area contributed by atoms with E-state index in [1.165, 1.54) is 6.20 Å². The molecule has 0 fully saturated rings. The zero-order valence-electron chi connectivity index (χ0n) is 9.69. The molecule has 18 heavy (non-hydrogen) atoms. The predicted molar refractivity (Wildman–Crippen MR) is 68.8 cm³/mol. The van der Waals surface area contributed by atoms with Gasteiger partial charge in [0.25, 0.3) is 0 Å². The van der Waals surface area contributed by atoms with Crippen molar-refractivity contribution in [2.75, 3.05) is 11.9 Å². The topological polar surface area (TPSA) is 101 Å². The number of anilines is 1. The standard InChI is InChI=1S/C10H12N6OS/c1-16(4-7-5-18-6-14-7)9-3-12-8(2-13-9)10(11)15-17/h2-3,5-6,17H,4H2,1H3,(H2,11,15). The molecule has 94 valence electrons. The minimum Gasteiger partial charge on any atom is -0.409 e. The van der Waals surface area contributed by atoms with Gasteiger partial charge in [-0.2, -0.15) is 0 Å². The number of aromatic nitrogens is 3. The number of thiazole rings is 1. The van der Waals surface area contributed by atoms with Gasteiger partial charge in [0.2, 0.25) is 0 Å². The van der Waals surface area contributed by atoms with Gasteiger partial charge in [0.05, 0.1) is 30.1 Å². The van der Waals surface area contributed by atoms with Crippen LogP contribution in [0.15, 0.2) is 28.4 Å². The van der Waals surface area contributed by atoms with Crippen molar-refractivity contribution in [1.82, 2.24) is 15.0 Å². The number of nitrogens with two attached hydrogens (primary N) is 1. The lowest BCUT2D eigenvalue weighted by molar-refractivity contribution is 0.318. The van der Waals surface area contributed by atoms with Crippen molar-refractivity contribution < 1.29 is 5.21 Å². The Kier molecular flexibility index (Phi) is 3.68. The first-order valence-electron chi connectivity index (χ1n) is 5.09. The lowest BCUT2D eigenvalue weighted by Crippen LogP contribution is -2.20. The van der Waals surface area contributed by atoms with Crippen molar-refractivity contribution in [1.29, 1.82) is 0 Å². The Labute approximate surface area is 108 Å². The van der Waals surface area contributed by atoms with Crippen LogP contribution in [0.2, 0.25) is 0 Å². The van der Waals surface area contributed by atoms with Crippen LogP contribution in [0.4, 0.5) is 5.82 Å². The molecule has 0 atom stereocenters. The van der Waals surface area contributed by atoms with Crippen LogP contribution in [0.25, 0.3) is 0 Å². The zero-order valence-corrected chi connectivity index (χ0v) is 10.5. The second-order valence-corrected chi connectivity index (χ2v) is 4.30. The smallest absolute Gasteiger partial charge is 0.190 e. The van der Waals surface area contributed by atoms with Gasteiger partial charge < -0.3 is 15.8 Å². The van der Waals surface area contributed by atoms with Gasteiger partial charge in [0.1, 0.15) is 11.5 Å². The van der Waals surface area contributed by atoms with Crippen LogP contribution >= 0.6 is 11.3 Å². The molecule has 0 aliphatic rings. The molecule has 0 saturated carbocycles. The van der Waals surface area contributed by atoms with Gasteiger partial charge in [-0.3, -0.25) is 0 Å². The fourth-order valence-corrected chi connectivity index (χ4v) is 1.89. The summed E-state index contributed by atoms with van der Waals surface area (Å²) in [5.41, 5.74) is 8.51. The van der Waals surface area contributed by atoms with E-state index >= 15 is 0 Å². The third-order valence-electron chi connectivity index (χ3n) is 2.28. The average Bonchev–Trinajstić information content (AvgIpc) is 2.91. The highest BCUT2D eigenvalue weighted by Gasteiger charge is 2.07. The molecule has 2 rings (SSSR count). The van der Waals surface area contributed by atoms with Crippen molar-refractivity contribution >= 4 is 23.0 Å². The Morgan fingerprint density at radius 1 is 1.44 bits per heavy atom. The molecule has 0 saturated heterocycles. The van der Waals surface area contributed by atoms with Gasteiger partial charge in [-0.25, -0.2) is 15.0 Å². The van der Waals surface area contributed by atoms with Gasteiger partial charge in [-0.1, -0.05) is 5.16 Å². The van der Waals surface area contributed by atoms with Gasteiger partial charge in [0, 0.05) is 12.4 Å². The maximum Gasteiger partial charge on any atom is 0.190 e. The number of oxime groups is 1. The molecule has 7 nitrogen and oxygen atoms in total. The molecule has 0 aromatic carbocycles. The van der Waals surface area contributed by atoms with Gasteiger partial charge >= 0.3 is 0 Å². The van der Waals surface area contributed by atoms with Gasteiger partial charge in [-0.05, 0) is 0 Å². The van der Waals surface area contributed by atoms with E-state index < -0.39 is 0 Å². The third-order valence-corrected chi connectivity index (χ3v) is 2.92. The second-order valence-electron chi connectivity index (χ2n) is 3.58. The largest absolute Gasteiger partial charge is 0.409 e. The van der Waals surface area contributed by atoms with E-state index in [0.717, 1.165) is 5.69 Å². The zero-order chi connectivity index (χ0) is 13.0. The van der Waals surface area contributed by atoms with Crippen molar-refractivity contribution in [2.45, 2.75) is 6.54 Å². The highest BCUT2D eigenvalue weighted by atomic mass is 32.1. The van der Waals surface area contributed by atoms with Gasteiger partial charge in [-0.15, -0.1) is 11.3 Å². The van der Waals surface area contributed by atoms with Crippen molar-refractivity contribution in [2.24, 2.45) is 10.9 Å². The van der Waals surface area contributed by atoms with Crippen LogP contribution in [0.3, 0.4) is 0 Å². The molecule has 0 unspecified atom stereocenters. The summed E-state index contributed by atoms with van der Waals surface area (Å²) < 4.78 is 0. The molecule has 0 bridgehead atoms. The summed E-state index contributed by atoms with van der Waals surface area (Å²) in [6.07, 6.45) is 3.03. The van der Waals surface area contributed by atoms with E-state index in [-0.39, 0.29) is 5.84 Å². The first-order chi connectivity index (χ1) is 8.70. The summed E-state index contributed by atoms with van der Waals surface area (Å²) in [6, 6.07) is 0. The molecule has 2 aromatic rings. The highest BCUT2D eigenvalue weighted by Crippen LogP contribution is 2.11. The van der Waals surface area contributed by atoms with Crippen LogP contribution in [-0.2, 0) is 6.54 Å². The van der Waals surface area contributed by atoms with Gasteiger partial charge in [0.15, 0.2) is 5.84 Å². The molecule has 0 spiro atoms. The van der Waals surface area contributed by atoms with E-state index in [1.54, 1.807) is 23.0 Å².